The fourth-order valence-electron chi connectivity index (χ4n) is 2.25. The molecule has 2 N–H and O–H groups in total. The number of thioether (sulfide) groups is 2. The number of hydrogen-bond acceptors (Lipinski definition) is 4. The molecule has 1 aliphatic heterocycles. The normalized spacial score (nSPS) is 16.0. The van der Waals surface area contributed by atoms with Crippen LogP contribution in [0.2, 0.25) is 0 Å². The van der Waals surface area contributed by atoms with Crippen LogP contribution in [0.3, 0.4) is 0 Å². The Morgan fingerprint density at radius 3 is 2.58 bits per heavy atom. The van der Waals surface area contributed by atoms with Crippen molar-refractivity contribution in [2.75, 3.05) is 11.5 Å². The largest absolute Gasteiger partial charge is 0.508 e. The molecule has 0 bridgehead atoms. The Kier molecular flexibility index (Phi) is 3.33. The van der Waals surface area contributed by atoms with Crippen LogP contribution < -0.4 is 0 Å². The van der Waals surface area contributed by atoms with E-state index in [0.717, 1.165) is 27.8 Å². The van der Waals surface area contributed by atoms with Crippen LogP contribution in [0.15, 0.2) is 30.3 Å². The van der Waals surface area contributed by atoms with E-state index in [1.54, 1.807) is 30.3 Å². The van der Waals surface area contributed by atoms with E-state index in [1.807, 2.05) is 23.5 Å². The number of aromatic carboxylic acids is 1. The Labute approximate surface area is 119 Å². The van der Waals surface area contributed by atoms with E-state index in [2.05, 4.69) is 0 Å². The molecule has 0 atom stereocenters. The van der Waals surface area contributed by atoms with Crippen molar-refractivity contribution < 1.29 is 15.0 Å². The molecule has 0 aliphatic carbocycles. The molecule has 5 heteroatoms. The maximum Gasteiger partial charge on any atom is 0.335 e. The van der Waals surface area contributed by atoms with Crippen LogP contribution in [0.1, 0.15) is 20.5 Å². The smallest absolute Gasteiger partial charge is 0.335 e. The lowest BCUT2D eigenvalue weighted by atomic mass is 10.0. The van der Waals surface area contributed by atoms with E-state index in [4.69, 9.17) is 5.11 Å². The van der Waals surface area contributed by atoms with E-state index in [9.17, 15) is 9.90 Å². The van der Waals surface area contributed by atoms with Crippen molar-refractivity contribution in [1.82, 2.24) is 0 Å². The van der Waals surface area contributed by atoms with Crippen molar-refractivity contribution in [3.8, 4) is 5.75 Å². The highest BCUT2D eigenvalue weighted by Gasteiger charge is 2.23. The second-order valence-electron chi connectivity index (χ2n) is 4.31. The zero-order valence-electron chi connectivity index (χ0n) is 10.00. The molecule has 2 aromatic rings. The lowest BCUT2D eigenvalue weighted by Crippen LogP contribution is -1.96. The molecule has 1 saturated heterocycles. The fraction of sp³-hybridized carbons (Fsp3) is 0.214. The third kappa shape index (κ3) is 2.28. The quantitative estimate of drug-likeness (QED) is 0.883. The zero-order valence-corrected chi connectivity index (χ0v) is 11.6. The van der Waals surface area contributed by atoms with Gasteiger partial charge in [-0.25, -0.2) is 4.79 Å². The van der Waals surface area contributed by atoms with E-state index in [0.29, 0.717) is 5.75 Å². The van der Waals surface area contributed by atoms with Gasteiger partial charge in [0.2, 0.25) is 0 Å². The molecule has 0 saturated carbocycles. The van der Waals surface area contributed by atoms with Gasteiger partial charge in [-0.3, -0.25) is 0 Å². The third-order valence-electron chi connectivity index (χ3n) is 3.14. The maximum absolute atomic E-state index is 11.0. The van der Waals surface area contributed by atoms with Crippen molar-refractivity contribution in [3.05, 3.63) is 41.5 Å². The summed E-state index contributed by atoms with van der Waals surface area (Å²) in [6, 6.07) is 8.48. The first-order valence-electron chi connectivity index (χ1n) is 5.89. The number of hydrogen-bond donors (Lipinski definition) is 2. The summed E-state index contributed by atoms with van der Waals surface area (Å²) in [6.45, 7) is 0. The van der Waals surface area contributed by atoms with E-state index >= 15 is 0 Å². The predicted octanol–water partition coefficient (Wildman–Crippen LogP) is 3.72. The summed E-state index contributed by atoms with van der Waals surface area (Å²) in [5, 5.41) is 20.9. The van der Waals surface area contributed by atoms with Crippen molar-refractivity contribution in [2.45, 2.75) is 4.58 Å². The Balaban J connectivity index is 2.19. The number of carbonyl (C=O) groups is 1. The summed E-state index contributed by atoms with van der Waals surface area (Å²) < 4.78 is 0.236. The molecule has 0 radical (unpaired) electrons. The molecule has 3 rings (SSSR count). The summed E-state index contributed by atoms with van der Waals surface area (Å²) in [5.41, 5.74) is 1.19. The highest BCUT2D eigenvalue weighted by molar-refractivity contribution is 8.19. The summed E-state index contributed by atoms with van der Waals surface area (Å²) >= 11 is 3.64. The van der Waals surface area contributed by atoms with E-state index in [1.165, 1.54) is 0 Å². The summed E-state index contributed by atoms with van der Waals surface area (Å²) in [7, 11) is 0. The van der Waals surface area contributed by atoms with Gasteiger partial charge in [0, 0.05) is 17.1 Å². The number of fused-ring (bicyclic) bond motifs is 1. The van der Waals surface area contributed by atoms with Crippen molar-refractivity contribution in [1.29, 1.82) is 0 Å². The zero-order chi connectivity index (χ0) is 13.4. The number of phenolic OH excluding ortho intramolecular Hbond substituents is 1. The van der Waals surface area contributed by atoms with Crippen molar-refractivity contribution >= 4 is 40.3 Å². The molecule has 0 spiro atoms. The lowest BCUT2D eigenvalue weighted by Gasteiger charge is -2.14. The Bertz CT molecular complexity index is 648. The average molecular weight is 292 g/mol. The number of aromatic hydroxyl groups is 1. The minimum absolute atomic E-state index is 0.236. The maximum atomic E-state index is 11.0. The van der Waals surface area contributed by atoms with Crippen LogP contribution >= 0.6 is 23.5 Å². The first kappa shape index (κ1) is 12.7. The molecule has 19 heavy (non-hydrogen) atoms. The molecule has 3 nitrogen and oxygen atoms in total. The second kappa shape index (κ2) is 4.98. The Morgan fingerprint density at radius 1 is 1.16 bits per heavy atom. The van der Waals surface area contributed by atoms with Crippen LogP contribution in [0, 0.1) is 0 Å². The highest BCUT2D eigenvalue weighted by Crippen LogP contribution is 2.50. The standard InChI is InChI=1S/C14H12O3S2/c15-11-4-2-8-7-9(13(16)17)1-3-10(8)12(11)14-18-5-6-19-14/h1-4,7,14-15H,5-6H2,(H,16,17). The number of carboxylic acids is 1. The number of benzene rings is 2. The highest BCUT2D eigenvalue weighted by atomic mass is 32.2. The molecular formula is C14H12O3S2. The predicted molar refractivity (Wildman–Crippen MR) is 80.2 cm³/mol. The van der Waals surface area contributed by atoms with Gasteiger partial charge in [0.05, 0.1) is 10.1 Å². The second-order valence-corrected chi connectivity index (χ2v) is 7.04. The summed E-state index contributed by atoms with van der Waals surface area (Å²) in [4.78, 5) is 11.0. The summed E-state index contributed by atoms with van der Waals surface area (Å²) in [6.07, 6.45) is 0. The van der Waals surface area contributed by atoms with Gasteiger partial charge in [-0.05, 0) is 29.0 Å². The van der Waals surface area contributed by atoms with Crippen molar-refractivity contribution in [3.63, 3.8) is 0 Å². The minimum Gasteiger partial charge on any atom is -0.508 e. The van der Waals surface area contributed by atoms with Gasteiger partial charge in [-0.1, -0.05) is 12.1 Å². The van der Waals surface area contributed by atoms with Crippen LogP contribution in [0.5, 0.6) is 5.75 Å². The van der Waals surface area contributed by atoms with Crippen LogP contribution in [0.4, 0.5) is 0 Å². The third-order valence-corrected chi connectivity index (χ3v) is 6.17. The summed E-state index contributed by atoms with van der Waals surface area (Å²) in [5.74, 6) is 1.53. The van der Waals surface area contributed by atoms with Gasteiger partial charge in [-0.2, -0.15) is 0 Å². The van der Waals surface area contributed by atoms with Crippen LogP contribution in [-0.2, 0) is 0 Å². The first-order chi connectivity index (χ1) is 9.16. The van der Waals surface area contributed by atoms with Gasteiger partial charge in [-0.15, -0.1) is 23.5 Å². The number of rotatable bonds is 2. The monoisotopic (exact) mass is 292 g/mol. The number of phenols is 1. The molecule has 1 fully saturated rings. The van der Waals surface area contributed by atoms with Crippen LogP contribution in [0.25, 0.3) is 10.8 Å². The van der Waals surface area contributed by atoms with Gasteiger partial charge in [0.1, 0.15) is 5.75 Å². The SMILES string of the molecule is O=C(O)c1ccc2c(C3SCCS3)c(O)ccc2c1. The molecule has 0 aromatic heterocycles. The van der Waals surface area contributed by atoms with Gasteiger partial charge < -0.3 is 10.2 Å². The van der Waals surface area contributed by atoms with Gasteiger partial charge >= 0.3 is 5.97 Å². The average Bonchev–Trinajstić information content (AvgIpc) is 2.91. The van der Waals surface area contributed by atoms with E-state index in [-0.39, 0.29) is 10.1 Å². The topological polar surface area (TPSA) is 57.5 Å². The Hall–Kier alpha value is -1.33. The van der Waals surface area contributed by atoms with Gasteiger partial charge in [0.25, 0.3) is 0 Å². The molecule has 2 aromatic carbocycles. The first-order valence-corrected chi connectivity index (χ1v) is 7.98. The lowest BCUT2D eigenvalue weighted by molar-refractivity contribution is 0.0697. The Morgan fingerprint density at radius 2 is 1.89 bits per heavy atom. The molecule has 1 heterocycles. The molecular weight excluding hydrogens is 280 g/mol. The molecule has 98 valence electrons. The van der Waals surface area contributed by atoms with E-state index < -0.39 is 5.97 Å². The minimum atomic E-state index is -0.929. The molecule has 0 unspecified atom stereocenters. The van der Waals surface area contributed by atoms with Crippen molar-refractivity contribution in [2.24, 2.45) is 0 Å². The van der Waals surface area contributed by atoms with Gasteiger partial charge in [0.15, 0.2) is 0 Å². The molecule has 0 amide bonds. The fourth-order valence-corrected chi connectivity index (χ4v) is 5.24. The number of carboxylic acid groups (broad SMARTS) is 1. The van der Waals surface area contributed by atoms with Crippen LogP contribution in [-0.4, -0.2) is 27.7 Å². The molecule has 1 aliphatic rings.